The van der Waals surface area contributed by atoms with Gasteiger partial charge in [-0.05, 0) is 59.3 Å². The van der Waals surface area contributed by atoms with Crippen molar-refractivity contribution in [3.8, 4) is 5.88 Å². The number of aromatic nitrogens is 3. The first-order chi connectivity index (χ1) is 15.2. The summed E-state index contributed by atoms with van der Waals surface area (Å²) in [7, 11) is 0. The number of ether oxygens (including phenoxy) is 1. The predicted molar refractivity (Wildman–Crippen MR) is 117 cm³/mol. The molecule has 1 saturated carbocycles. The van der Waals surface area contributed by atoms with Gasteiger partial charge in [-0.25, -0.2) is 8.78 Å². The molecule has 8 nitrogen and oxygen atoms in total. The van der Waals surface area contributed by atoms with E-state index in [2.05, 4.69) is 36.4 Å². The fraction of sp³-hybridized carbons (Fsp3) is 0.524. The van der Waals surface area contributed by atoms with E-state index in [1.54, 1.807) is 24.0 Å². The maximum Gasteiger partial charge on any atom is 0.262 e. The summed E-state index contributed by atoms with van der Waals surface area (Å²) in [6.45, 7) is 2.32. The van der Waals surface area contributed by atoms with Crippen molar-refractivity contribution in [2.45, 2.75) is 44.1 Å². The second-order valence-electron chi connectivity index (χ2n) is 8.35. The molecule has 11 heteroatoms. The van der Waals surface area contributed by atoms with E-state index < -0.39 is 24.3 Å². The van der Waals surface area contributed by atoms with E-state index in [4.69, 9.17) is 4.74 Å². The minimum Gasteiger partial charge on any atom is -0.476 e. The number of anilines is 1. The van der Waals surface area contributed by atoms with Crippen LogP contribution in [0.15, 0.2) is 33.7 Å². The molecule has 2 aliphatic rings. The first-order valence-corrected chi connectivity index (χ1v) is 11.3. The van der Waals surface area contributed by atoms with Crippen LogP contribution in [0.25, 0.3) is 0 Å². The second-order valence-corrected chi connectivity index (χ2v) is 9.20. The number of hydrogen-bond acceptors (Lipinski definition) is 6. The molecule has 2 atom stereocenters. The molecule has 32 heavy (non-hydrogen) atoms. The van der Waals surface area contributed by atoms with Gasteiger partial charge in [0.15, 0.2) is 5.82 Å². The number of rotatable bonds is 7. The van der Waals surface area contributed by atoms with Gasteiger partial charge in [-0.1, -0.05) is 0 Å². The van der Waals surface area contributed by atoms with Crippen LogP contribution < -0.4 is 15.6 Å². The molecule has 3 heterocycles. The molecule has 0 spiro atoms. The van der Waals surface area contributed by atoms with Crippen LogP contribution in [0.2, 0.25) is 0 Å². The van der Waals surface area contributed by atoms with Gasteiger partial charge in [0.1, 0.15) is 0 Å². The monoisotopic (exact) mass is 511 g/mol. The number of hydrogen-bond donors (Lipinski definition) is 2. The third-order valence-electron chi connectivity index (χ3n) is 5.92. The molecule has 0 aromatic carbocycles. The Morgan fingerprint density at radius 2 is 2.19 bits per heavy atom. The lowest BCUT2D eigenvalue weighted by Gasteiger charge is -2.40. The molecule has 4 rings (SSSR count). The van der Waals surface area contributed by atoms with Gasteiger partial charge in [0.25, 0.3) is 11.5 Å². The molecule has 0 radical (unpaired) electrons. The van der Waals surface area contributed by atoms with Crippen molar-refractivity contribution in [1.82, 2.24) is 20.1 Å². The van der Waals surface area contributed by atoms with Crippen molar-refractivity contribution in [2.24, 2.45) is 5.92 Å². The Kier molecular flexibility index (Phi) is 6.57. The Labute approximate surface area is 191 Å². The molecule has 1 saturated heterocycles. The van der Waals surface area contributed by atoms with Crippen LogP contribution in [0.5, 0.6) is 5.88 Å². The Balaban J connectivity index is 1.39. The van der Waals surface area contributed by atoms with Gasteiger partial charge in [0, 0.05) is 31.8 Å². The molecule has 2 N–H and O–H groups in total. The minimum atomic E-state index is -2.95. The highest BCUT2D eigenvalue weighted by atomic mass is 79.9. The van der Waals surface area contributed by atoms with Crippen LogP contribution in [0, 0.1) is 5.92 Å². The van der Waals surface area contributed by atoms with Gasteiger partial charge in [-0.3, -0.25) is 14.5 Å². The van der Waals surface area contributed by atoms with E-state index in [9.17, 15) is 18.4 Å². The number of H-pyrrole nitrogens is 1. The lowest BCUT2D eigenvalue weighted by Crippen LogP contribution is -2.52. The molecule has 1 aliphatic carbocycles. The summed E-state index contributed by atoms with van der Waals surface area (Å²) in [4.78, 5) is 28.5. The summed E-state index contributed by atoms with van der Waals surface area (Å²) in [5, 5.41) is 10.6. The number of aromatic amines is 1. The number of nitrogens with zero attached hydrogens (tertiary/aromatic N) is 3. The zero-order valence-corrected chi connectivity index (χ0v) is 19.1. The number of carbonyl (C=O) groups is 1. The number of likely N-dealkylation sites (tertiary alicyclic amines) is 1. The smallest absolute Gasteiger partial charge is 0.262 e. The van der Waals surface area contributed by atoms with E-state index in [1.165, 1.54) is 25.1 Å². The third kappa shape index (κ3) is 5.32. The number of carbonyl (C=O) groups excluding carboxylic acids is 1. The maximum atomic E-state index is 14.7. The van der Waals surface area contributed by atoms with Crippen molar-refractivity contribution in [2.75, 3.05) is 25.0 Å². The van der Waals surface area contributed by atoms with Crippen molar-refractivity contribution in [1.29, 1.82) is 0 Å². The number of pyridine rings is 1. The lowest BCUT2D eigenvalue weighted by molar-refractivity contribution is -0.125. The molecule has 172 valence electrons. The third-order valence-corrected chi connectivity index (χ3v) is 6.51. The van der Waals surface area contributed by atoms with Crippen LogP contribution in [-0.4, -0.2) is 57.6 Å². The van der Waals surface area contributed by atoms with Gasteiger partial charge in [-0.15, -0.1) is 10.2 Å². The summed E-state index contributed by atoms with van der Waals surface area (Å²) in [6.07, 6.45) is 3.26. The average Bonchev–Trinajstić information content (AvgIpc) is 3.59. The van der Waals surface area contributed by atoms with E-state index in [0.717, 1.165) is 0 Å². The van der Waals surface area contributed by atoms with Crippen LogP contribution in [-0.2, 0) is 4.79 Å². The van der Waals surface area contributed by atoms with E-state index in [-0.39, 0.29) is 34.8 Å². The molecule has 1 amide bonds. The maximum absolute atomic E-state index is 14.7. The zero-order chi connectivity index (χ0) is 22.9. The standard InChI is InChI=1S/C21H24BrF2N5O3/c1-12(19(30)26-17-4-5-18(28-27-17)32-11-13-2-3-13)29-7-6-21(23,24)15(10-29)14-8-16(22)20(31)25-9-14/h4-5,8-9,12-13,15H,2-3,6-7,10-11H2,1H3,(H,25,31)(H,26,27,30)/t12-,15?/m0/s1. The molecule has 2 aromatic heterocycles. The molecule has 2 fully saturated rings. The van der Waals surface area contributed by atoms with Gasteiger partial charge >= 0.3 is 0 Å². The fourth-order valence-electron chi connectivity index (χ4n) is 3.65. The number of piperidine rings is 1. The van der Waals surface area contributed by atoms with Crippen molar-refractivity contribution in [3.63, 3.8) is 0 Å². The molecule has 1 unspecified atom stereocenters. The predicted octanol–water partition coefficient (Wildman–Crippen LogP) is 3.17. The Morgan fingerprint density at radius 1 is 1.41 bits per heavy atom. The number of amides is 1. The molecule has 2 aromatic rings. The van der Waals surface area contributed by atoms with Crippen LogP contribution >= 0.6 is 15.9 Å². The zero-order valence-electron chi connectivity index (χ0n) is 17.5. The highest BCUT2D eigenvalue weighted by Crippen LogP contribution is 2.41. The molecule has 0 bridgehead atoms. The average molecular weight is 512 g/mol. The summed E-state index contributed by atoms with van der Waals surface area (Å²) >= 11 is 3.09. The van der Waals surface area contributed by atoms with Crippen LogP contribution in [0.3, 0.4) is 0 Å². The van der Waals surface area contributed by atoms with Gasteiger partial charge < -0.3 is 15.0 Å². The fourth-order valence-corrected chi connectivity index (χ4v) is 4.03. The van der Waals surface area contributed by atoms with E-state index >= 15 is 0 Å². The van der Waals surface area contributed by atoms with Gasteiger partial charge in [-0.2, -0.15) is 0 Å². The Bertz CT molecular complexity index is 1030. The van der Waals surface area contributed by atoms with Crippen molar-refractivity contribution >= 4 is 27.7 Å². The SMILES string of the molecule is C[C@@H](C(=O)Nc1ccc(OCC2CC2)nn1)N1CCC(F)(F)C(c2c[nH]c(=O)c(Br)c2)C1. The second kappa shape index (κ2) is 9.22. The summed E-state index contributed by atoms with van der Waals surface area (Å²) in [5.74, 6) is -3.21. The largest absolute Gasteiger partial charge is 0.476 e. The number of halogens is 3. The first kappa shape index (κ1) is 22.8. The van der Waals surface area contributed by atoms with Crippen molar-refractivity contribution < 1.29 is 18.3 Å². The molecular formula is C21H24BrF2N5O3. The lowest BCUT2D eigenvalue weighted by atomic mass is 9.87. The minimum absolute atomic E-state index is 0.0281. The van der Waals surface area contributed by atoms with Gasteiger partial charge in [0.05, 0.1) is 23.0 Å². The summed E-state index contributed by atoms with van der Waals surface area (Å²) in [6, 6.07) is 3.99. The highest BCUT2D eigenvalue weighted by molar-refractivity contribution is 9.10. The quantitative estimate of drug-likeness (QED) is 0.592. The van der Waals surface area contributed by atoms with Crippen LogP contribution in [0.4, 0.5) is 14.6 Å². The van der Waals surface area contributed by atoms with E-state index in [1.807, 2.05) is 0 Å². The van der Waals surface area contributed by atoms with Gasteiger partial charge in [0.2, 0.25) is 11.8 Å². The normalized spacial score (nSPS) is 21.7. The number of nitrogens with one attached hydrogen (secondary N) is 2. The summed E-state index contributed by atoms with van der Waals surface area (Å²) in [5.41, 5.74) is -0.0750. The van der Waals surface area contributed by atoms with Crippen LogP contribution in [0.1, 0.15) is 37.7 Å². The number of alkyl halides is 2. The Morgan fingerprint density at radius 3 is 2.84 bits per heavy atom. The molecule has 1 aliphatic heterocycles. The highest BCUT2D eigenvalue weighted by Gasteiger charge is 2.46. The topological polar surface area (TPSA) is 100 Å². The van der Waals surface area contributed by atoms with E-state index in [0.29, 0.717) is 24.0 Å². The van der Waals surface area contributed by atoms with Crippen molar-refractivity contribution in [3.05, 3.63) is 44.8 Å². The Hall–Kier alpha value is -2.40. The summed E-state index contributed by atoms with van der Waals surface area (Å²) < 4.78 is 35.0. The first-order valence-electron chi connectivity index (χ1n) is 10.5. The molecular weight excluding hydrogens is 488 g/mol.